The lowest BCUT2D eigenvalue weighted by Gasteiger charge is -2.38. The standard InChI is InChI=1S/C21H16ClN3O4/c1-12-2-8-20(28-12)17-11-18-16-10-14(22)5-9-19(16)29-21(24(18)23-17)13-3-6-15(7-4-13)25(26)27/h2-10,18,21H,11H2,1H3/t18-,21-/m0/s1. The number of furan rings is 1. The van der Waals surface area contributed by atoms with Crippen LogP contribution in [0.15, 0.2) is 64.1 Å². The number of aryl methyl sites for hydroxylation is 1. The van der Waals surface area contributed by atoms with Crippen molar-refractivity contribution in [2.45, 2.75) is 25.6 Å². The number of hydrogen-bond donors (Lipinski definition) is 0. The molecule has 7 nitrogen and oxygen atoms in total. The summed E-state index contributed by atoms with van der Waals surface area (Å²) in [4.78, 5) is 10.6. The first-order chi connectivity index (χ1) is 14.0. The monoisotopic (exact) mass is 409 g/mol. The van der Waals surface area contributed by atoms with Crippen molar-refractivity contribution in [1.82, 2.24) is 5.01 Å². The van der Waals surface area contributed by atoms with Crippen LogP contribution in [0.25, 0.3) is 0 Å². The maximum absolute atomic E-state index is 11.0. The molecular weight excluding hydrogens is 394 g/mol. The minimum absolute atomic E-state index is 0.0324. The highest BCUT2D eigenvalue weighted by atomic mass is 35.5. The van der Waals surface area contributed by atoms with E-state index < -0.39 is 11.2 Å². The molecule has 0 N–H and O–H groups in total. The quantitative estimate of drug-likeness (QED) is 0.427. The molecule has 0 unspecified atom stereocenters. The molecule has 2 aliphatic rings. The second kappa shape index (κ2) is 6.63. The molecule has 146 valence electrons. The van der Waals surface area contributed by atoms with Gasteiger partial charge in [0.05, 0.1) is 11.0 Å². The van der Waals surface area contributed by atoms with E-state index in [1.165, 1.54) is 12.1 Å². The Labute approximate surface area is 171 Å². The van der Waals surface area contributed by atoms with Gasteiger partial charge in [0, 0.05) is 34.7 Å². The summed E-state index contributed by atoms with van der Waals surface area (Å²) >= 11 is 6.23. The number of fused-ring (bicyclic) bond motifs is 3. The van der Waals surface area contributed by atoms with Crippen LogP contribution in [-0.2, 0) is 0 Å². The van der Waals surface area contributed by atoms with Crippen molar-refractivity contribution in [3.8, 4) is 5.75 Å². The number of halogens is 1. The van der Waals surface area contributed by atoms with E-state index in [0.29, 0.717) is 11.4 Å². The molecule has 2 aromatic carbocycles. The SMILES string of the molecule is Cc1ccc(C2=NN3[C@@H](C2)c2cc(Cl)ccc2O[C@H]3c2ccc([N+](=O)[O-])cc2)o1. The van der Waals surface area contributed by atoms with Gasteiger partial charge in [-0.25, -0.2) is 5.01 Å². The highest BCUT2D eigenvalue weighted by Gasteiger charge is 2.41. The predicted octanol–water partition coefficient (Wildman–Crippen LogP) is 5.39. The molecule has 0 saturated carbocycles. The average Bonchev–Trinajstić information content (AvgIpc) is 3.34. The molecule has 0 bridgehead atoms. The zero-order valence-electron chi connectivity index (χ0n) is 15.4. The summed E-state index contributed by atoms with van der Waals surface area (Å²) in [5.74, 6) is 2.27. The molecule has 0 saturated heterocycles. The van der Waals surface area contributed by atoms with E-state index in [-0.39, 0.29) is 11.7 Å². The molecule has 3 heterocycles. The lowest BCUT2D eigenvalue weighted by molar-refractivity contribution is -0.384. The number of nitro benzene ring substituents is 1. The number of hydrazone groups is 1. The first-order valence-corrected chi connectivity index (χ1v) is 9.50. The van der Waals surface area contributed by atoms with Gasteiger partial charge >= 0.3 is 0 Å². The molecule has 5 rings (SSSR count). The molecule has 0 aliphatic carbocycles. The zero-order valence-corrected chi connectivity index (χ0v) is 16.2. The molecule has 3 aromatic rings. The number of non-ortho nitro benzene ring substituents is 1. The van der Waals surface area contributed by atoms with Crippen LogP contribution in [0.3, 0.4) is 0 Å². The van der Waals surface area contributed by atoms with E-state index in [0.717, 1.165) is 34.1 Å². The van der Waals surface area contributed by atoms with Gasteiger partial charge in [-0.3, -0.25) is 10.1 Å². The van der Waals surface area contributed by atoms with Crippen LogP contribution in [0.4, 0.5) is 5.69 Å². The van der Waals surface area contributed by atoms with Gasteiger partial charge in [0.1, 0.15) is 23.0 Å². The second-order valence-corrected chi connectivity index (χ2v) is 7.49. The van der Waals surface area contributed by atoms with Crippen molar-refractivity contribution >= 4 is 23.0 Å². The third-order valence-corrected chi connectivity index (χ3v) is 5.40. The third kappa shape index (κ3) is 3.03. The molecule has 1 aromatic heterocycles. The molecule has 29 heavy (non-hydrogen) atoms. The van der Waals surface area contributed by atoms with Crippen LogP contribution in [0.2, 0.25) is 5.02 Å². The smallest absolute Gasteiger partial charge is 0.269 e. The van der Waals surface area contributed by atoms with Crippen LogP contribution in [0, 0.1) is 17.0 Å². The Morgan fingerprint density at radius 3 is 2.66 bits per heavy atom. The first kappa shape index (κ1) is 17.8. The number of nitrogens with zero attached hydrogens (tertiary/aromatic N) is 3. The van der Waals surface area contributed by atoms with Crippen LogP contribution in [-0.4, -0.2) is 15.6 Å². The van der Waals surface area contributed by atoms with Crippen LogP contribution in [0.1, 0.15) is 41.3 Å². The molecular formula is C21H16ClN3O4. The van der Waals surface area contributed by atoms with Crippen molar-refractivity contribution in [3.63, 3.8) is 0 Å². The number of nitro groups is 1. The molecule has 2 aliphatic heterocycles. The van der Waals surface area contributed by atoms with Crippen molar-refractivity contribution in [1.29, 1.82) is 0 Å². The largest absolute Gasteiger partial charge is 0.464 e. The zero-order chi connectivity index (χ0) is 20.1. The van der Waals surface area contributed by atoms with E-state index in [9.17, 15) is 10.1 Å². The van der Waals surface area contributed by atoms with Crippen molar-refractivity contribution < 1.29 is 14.1 Å². The van der Waals surface area contributed by atoms with Crippen molar-refractivity contribution in [2.24, 2.45) is 5.10 Å². The Bertz CT molecular complexity index is 1140. The topological polar surface area (TPSA) is 81.1 Å². The number of benzene rings is 2. The number of hydrogen-bond acceptors (Lipinski definition) is 6. The summed E-state index contributed by atoms with van der Waals surface area (Å²) in [6.45, 7) is 1.89. The van der Waals surface area contributed by atoms with Crippen LogP contribution >= 0.6 is 11.6 Å². The van der Waals surface area contributed by atoms with Crippen LogP contribution < -0.4 is 4.74 Å². The van der Waals surface area contributed by atoms with Gasteiger partial charge in [-0.2, -0.15) is 5.10 Å². The Hall–Kier alpha value is -3.32. The Balaban J connectivity index is 1.58. The Morgan fingerprint density at radius 1 is 1.17 bits per heavy atom. The predicted molar refractivity (Wildman–Crippen MR) is 107 cm³/mol. The highest BCUT2D eigenvalue weighted by molar-refractivity contribution is 6.30. The highest BCUT2D eigenvalue weighted by Crippen LogP contribution is 2.48. The maximum atomic E-state index is 11.0. The molecule has 0 fully saturated rings. The van der Waals surface area contributed by atoms with Gasteiger partial charge in [0.2, 0.25) is 6.23 Å². The van der Waals surface area contributed by atoms with Crippen LogP contribution in [0.5, 0.6) is 5.75 Å². The molecule has 0 radical (unpaired) electrons. The molecule has 2 atom stereocenters. The lowest BCUT2D eigenvalue weighted by atomic mass is 9.97. The van der Waals surface area contributed by atoms with Gasteiger partial charge in [0.15, 0.2) is 0 Å². The summed E-state index contributed by atoms with van der Waals surface area (Å²) in [6, 6.07) is 15.6. The number of rotatable bonds is 3. The molecule has 8 heteroatoms. The summed E-state index contributed by atoms with van der Waals surface area (Å²) in [6.07, 6.45) is 0.135. The van der Waals surface area contributed by atoms with Crippen molar-refractivity contribution in [3.05, 3.63) is 92.4 Å². The van der Waals surface area contributed by atoms with E-state index in [1.807, 2.05) is 36.2 Å². The fraction of sp³-hybridized carbons (Fsp3) is 0.190. The third-order valence-electron chi connectivity index (χ3n) is 5.17. The molecule has 0 spiro atoms. The van der Waals surface area contributed by atoms with E-state index in [2.05, 4.69) is 0 Å². The fourth-order valence-corrected chi connectivity index (χ4v) is 3.96. The Kier molecular flexibility index (Phi) is 4.06. The van der Waals surface area contributed by atoms with E-state index >= 15 is 0 Å². The van der Waals surface area contributed by atoms with E-state index in [4.69, 9.17) is 25.9 Å². The normalized spacial score (nSPS) is 19.9. The van der Waals surface area contributed by atoms with Crippen molar-refractivity contribution in [2.75, 3.05) is 0 Å². The summed E-state index contributed by atoms with van der Waals surface area (Å²) in [5, 5.41) is 18.3. The van der Waals surface area contributed by atoms with Gasteiger partial charge < -0.3 is 9.15 Å². The number of ether oxygens (including phenoxy) is 1. The maximum Gasteiger partial charge on any atom is 0.269 e. The summed E-state index contributed by atoms with van der Waals surface area (Å²) < 4.78 is 12.0. The fourth-order valence-electron chi connectivity index (χ4n) is 3.78. The minimum Gasteiger partial charge on any atom is -0.464 e. The summed E-state index contributed by atoms with van der Waals surface area (Å²) in [7, 11) is 0. The van der Waals surface area contributed by atoms with Gasteiger partial charge in [-0.1, -0.05) is 11.6 Å². The second-order valence-electron chi connectivity index (χ2n) is 7.06. The van der Waals surface area contributed by atoms with E-state index in [1.54, 1.807) is 18.2 Å². The lowest BCUT2D eigenvalue weighted by Crippen LogP contribution is -2.33. The van der Waals surface area contributed by atoms with Gasteiger partial charge in [-0.05, 0) is 49.4 Å². The average molecular weight is 410 g/mol. The molecule has 0 amide bonds. The summed E-state index contributed by atoms with van der Waals surface area (Å²) in [5.41, 5.74) is 2.59. The van der Waals surface area contributed by atoms with Gasteiger partial charge in [0.25, 0.3) is 5.69 Å². The minimum atomic E-state index is -0.511. The Morgan fingerprint density at radius 2 is 1.97 bits per heavy atom. The first-order valence-electron chi connectivity index (χ1n) is 9.13. The van der Waals surface area contributed by atoms with Gasteiger partial charge in [-0.15, -0.1) is 0 Å².